The zero-order chi connectivity index (χ0) is 8.27. The Bertz CT molecular complexity index is 174. The molecule has 0 aromatic rings. The molecular formula is C9H15NO. The van der Waals surface area contributed by atoms with Gasteiger partial charge in [-0.2, -0.15) is 0 Å². The summed E-state index contributed by atoms with van der Waals surface area (Å²) in [6.07, 6.45) is 4.21. The molecule has 1 aliphatic heterocycles. The maximum Gasteiger partial charge on any atom is 0.135 e. The van der Waals surface area contributed by atoms with Crippen molar-refractivity contribution < 1.29 is 4.84 Å². The fourth-order valence-electron chi connectivity index (χ4n) is 1.24. The SMILES string of the molecule is C=CCC(C)[C@H]1CC(C)=NO1. The third-order valence-electron chi connectivity index (χ3n) is 2.01. The Morgan fingerprint density at radius 3 is 3.09 bits per heavy atom. The predicted octanol–water partition coefficient (Wildman–Crippen LogP) is 2.36. The fraction of sp³-hybridized carbons (Fsp3) is 0.667. The second kappa shape index (κ2) is 3.56. The van der Waals surface area contributed by atoms with Crippen LogP contribution in [0, 0.1) is 5.92 Å². The van der Waals surface area contributed by atoms with Crippen LogP contribution < -0.4 is 0 Å². The Labute approximate surface area is 67.9 Å². The summed E-state index contributed by atoms with van der Waals surface area (Å²) in [5.41, 5.74) is 1.10. The first kappa shape index (κ1) is 8.31. The Kier molecular flexibility index (Phi) is 2.69. The van der Waals surface area contributed by atoms with Crippen molar-refractivity contribution >= 4 is 5.71 Å². The van der Waals surface area contributed by atoms with Crippen molar-refractivity contribution in [3.05, 3.63) is 12.7 Å². The molecule has 2 heteroatoms. The summed E-state index contributed by atoms with van der Waals surface area (Å²) in [6, 6.07) is 0. The molecule has 11 heavy (non-hydrogen) atoms. The van der Waals surface area contributed by atoms with E-state index in [1.807, 2.05) is 13.0 Å². The molecule has 0 radical (unpaired) electrons. The second-order valence-electron chi connectivity index (χ2n) is 3.18. The van der Waals surface area contributed by atoms with Crippen molar-refractivity contribution in [3.8, 4) is 0 Å². The average Bonchev–Trinajstić information content (AvgIpc) is 2.36. The van der Waals surface area contributed by atoms with Crippen LogP contribution in [0.2, 0.25) is 0 Å². The van der Waals surface area contributed by atoms with E-state index in [2.05, 4.69) is 18.7 Å². The summed E-state index contributed by atoms with van der Waals surface area (Å²) in [5, 5.41) is 3.90. The maximum atomic E-state index is 5.22. The van der Waals surface area contributed by atoms with Crippen LogP contribution >= 0.6 is 0 Å². The van der Waals surface area contributed by atoms with Crippen LogP contribution in [0.4, 0.5) is 0 Å². The number of rotatable bonds is 3. The average molecular weight is 153 g/mol. The standard InChI is InChI=1S/C9H15NO/c1-4-5-7(2)9-6-8(3)10-11-9/h4,7,9H,1,5-6H2,2-3H3/t7?,9-/m1/s1. The number of nitrogens with zero attached hydrogens (tertiary/aromatic N) is 1. The molecule has 1 heterocycles. The quantitative estimate of drug-likeness (QED) is 0.570. The molecule has 62 valence electrons. The van der Waals surface area contributed by atoms with Crippen molar-refractivity contribution in [2.24, 2.45) is 11.1 Å². The highest BCUT2D eigenvalue weighted by molar-refractivity contribution is 5.82. The first-order chi connectivity index (χ1) is 5.24. The number of allylic oxidation sites excluding steroid dienone is 1. The van der Waals surface area contributed by atoms with Crippen molar-refractivity contribution in [2.75, 3.05) is 0 Å². The van der Waals surface area contributed by atoms with E-state index in [0.29, 0.717) is 5.92 Å². The van der Waals surface area contributed by atoms with E-state index in [0.717, 1.165) is 18.6 Å². The molecule has 0 N–H and O–H groups in total. The van der Waals surface area contributed by atoms with Crippen LogP contribution in [-0.4, -0.2) is 11.8 Å². The predicted molar refractivity (Wildman–Crippen MR) is 46.6 cm³/mol. The number of hydrogen-bond donors (Lipinski definition) is 0. The molecule has 2 atom stereocenters. The Hall–Kier alpha value is -0.790. The molecule has 0 fully saturated rings. The summed E-state index contributed by atoms with van der Waals surface area (Å²) >= 11 is 0. The van der Waals surface area contributed by atoms with E-state index in [4.69, 9.17) is 4.84 Å². The van der Waals surface area contributed by atoms with Gasteiger partial charge in [0.25, 0.3) is 0 Å². The lowest BCUT2D eigenvalue weighted by Gasteiger charge is -2.14. The Balaban J connectivity index is 2.34. The third kappa shape index (κ3) is 2.07. The van der Waals surface area contributed by atoms with E-state index in [-0.39, 0.29) is 6.10 Å². The van der Waals surface area contributed by atoms with Crippen molar-refractivity contribution in [2.45, 2.75) is 32.8 Å². The highest BCUT2D eigenvalue weighted by Crippen LogP contribution is 2.20. The van der Waals surface area contributed by atoms with Crippen LogP contribution in [0.1, 0.15) is 26.7 Å². The first-order valence-corrected chi connectivity index (χ1v) is 4.04. The highest BCUT2D eigenvalue weighted by Gasteiger charge is 2.23. The molecule has 0 bridgehead atoms. The summed E-state index contributed by atoms with van der Waals surface area (Å²) in [5.74, 6) is 0.536. The summed E-state index contributed by atoms with van der Waals surface area (Å²) < 4.78 is 0. The first-order valence-electron chi connectivity index (χ1n) is 4.04. The molecule has 2 nitrogen and oxygen atoms in total. The van der Waals surface area contributed by atoms with Crippen molar-refractivity contribution in [1.82, 2.24) is 0 Å². The van der Waals surface area contributed by atoms with Gasteiger partial charge >= 0.3 is 0 Å². The van der Waals surface area contributed by atoms with Crippen molar-refractivity contribution in [1.29, 1.82) is 0 Å². The monoisotopic (exact) mass is 153 g/mol. The fourth-order valence-corrected chi connectivity index (χ4v) is 1.24. The van der Waals surface area contributed by atoms with E-state index >= 15 is 0 Å². The molecule has 0 saturated heterocycles. The van der Waals surface area contributed by atoms with E-state index in [1.165, 1.54) is 0 Å². The van der Waals surface area contributed by atoms with E-state index in [9.17, 15) is 0 Å². The van der Waals surface area contributed by atoms with Crippen LogP contribution in [-0.2, 0) is 4.84 Å². The molecule has 0 amide bonds. The minimum atomic E-state index is 0.285. The van der Waals surface area contributed by atoms with Crippen LogP contribution in [0.5, 0.6) is 0 Å². The zero-order valence-electron chi connectivity index (χ0n) is 7.21. The molecule has 0 aliphatic carbocycles. The van der Waals surface area contributed by atoms with Gasteiger partial charge in [-0.05, 0) is 19.3 Å². The Morgan fingerprint density at radius 1 is 1.91 bits per heavy atom. The zero-order valence-corrected chi connectivity index (χ0v) is 7.21. The maximum absolute atomic E-state index is 5.22. The smallest absolute Gasteiger partial charge is 0.135 e. The highest BCUT2D eigenvalue weighted by atomic mass is 16.6. The summed E-state index contributed by atoms with van der Waals surface area (Å²) in [6.45, 7) is 7.87. The molecule has 1 aliphatic rings. The lowest BCUT2D eigenvalue weighted by atomic mass is 9.97. The molecule has 0 aromatic carbocycles. The Morgan fingerprint density at radius 2 is 2.64 bits per heavy atom. The van der Waals surface area contributed by atoms with Gasteiger partial charge in [0.1, 0.15) is 6.10 Å². The lowest BCUT2D eigenvalue weighted by molar-refractivity contribution is 0.0472. The summed E-state index contributed by atoms with van der Waals surface area (Å²) in [7, 11) is 0. The van der Waals surface area contributed by atoms with Crippen LogP contribution in [0.15, 0.2) is 17.8 Å². The molecular weight excluding hydrogens is 138 g/mol. The van der Waals surface area contributed by atoms with Gasteiger partial charge in [0, 0.05) is 6.42 Å². The third-order valence-corrected chi connectivity index (χ3v) is 2.01. The van der Waals surface area contributed by atoms with E-state index < -0.39 is 0 Å². The molecule has 0 aromatic heterocycles. The minimum absolute atomic E-state index is 0.285. The van der Waals surface area contributed by atoms with Gasteiger partial charge in [-0.15, -0.1) is 6.58 Å². The van der Waals surface area contributed by atoms with Crippen molar-refractivity contribution in [3.63, 3.8) is 0 Å². The molecule has 1 rings (SSSR count). The van der Waals surface area contributed by atoms with Gasteiger partial charge < -0.3 is 4.84 Å². The molecule has 0 saturated carbocycles. The van der Waals surface area contributed by atoms with Crippen LogP contribution in [0.25, 0.3) is 0 Å². The summed E-state index contributed by atoms with van der Waals surface area (Å²) in [4.78, 5) is 5.22. The minimum Gasteiger partial charge on any atom is -0.392 e. The normalized spacial score (nSPS) is 25.6. The van der Waals surface area contributed by atoms with Gasteiger partial charge in [0.15, 0.2) is 0 Å². The second-order valence-corrected chi connectivity index (χ2v) is 3.18. The van der Waals surface area contributed by atoms with Crippen LogP contribution in [0.3, 0.4) is 0 Å². The lowest BCUT2D eigenvalue weighted by Crippen LogP contribution is -2.16. The largest absolute Gasteiger partial charge is 0.392 e. The van der Waals surface area contributed by atoms with Gasteiger partial charge in [0.05, 0.1) is 5.71 Å². The van der Waals surface area contributed by atoms with E-state index in [1.54, 1.807) is 0 Å². The molecule has 0 spiro atoms. The topological polar surface area (TPSA) is 21.6 Å². The van der Waals surface area contributed by atoms with Gasteiger partial charge in [0.2, 0.25) is 0 Å². The number of oxime groups is 1. The van der Waals surface area contributed by atoms with Gasteiger partial charge in [-0.1, -0.05) is 18.2 Å². The molecule has 1 unspecified atom stereocenters. The van der Waals surface area contributed by atoms with Gasteiger partial charge in [-0.3, -0.25) is 0 Å². The van der Waals surface area contributed by atoms with Gasteiger partial charge in [-0.25, -0.2) is 0 Å². The number of hydrogen-bond acceptors (Lipinski definition) is 2.